The Morgan fingerprint density at radius 2 is 1.67 bits per heavy atom. The van der Waals surface area contributed by atoms with E-state index in [2.05, 4.69) is 17.0 Å². The fraction of sp³-hybridized carbons (Fsp3) is 0.429. The quantitative estimate of drug-likeness (QED) is 0.814. The van der Waals surface area contributed by atoms with Crippen molar-refractivity contribution in [2.75, 3.05) is 26.3 Å². The summed E-state index contributed by atoms with van der Waals surface area (Å²) in [6, 6.07) is 10.3. The molecule has 1 saturated heterocycles. The fourth-order valence-electron chi connectivity index (χ4n) is 2.40. The molecule has 2 aliphatic rings. The lowest BCUT2D eigenvalue weighted by Crippen LogP contribution is -2.55. The normalized spacial score (nSPS) is 22.4. The first-order valence-corrected chi connectivity index (χ1v) is 6.26. The van der Waals surface area contributed by atoms with Crippen LogP contribution >= 0.6 is 0 Å². The summed E-state index contributed by atoms with van der Waals surface area (Å²) in [4.78, 5) is 2.20. The van der Waals surface area contributed by atoms with E-state index >= 15 is 0 Å². The molecule has 0 saturated carbocycles. The van der Waals surface area contributed by atoms with E-state index in [0.29, 0.717) is 6.42 Å². The van der Waals surface area contributed by atoms with Crippen molar-refractivity contribution in [3.8, 4) is 0 Å². The van der Waals surface area contributed by atoms with Crippen LogP contribution in [0, 0.1) is 0 Å². The van der Waals surface area contributed by atoms with Crippen LogP contribution in [-0.2, 0) is 20.6 Å². The second-order valence-corrected chi connectivity index (χ2v) is 4.48. The molecule has 0 aromatic heterocycles. The van der Waals surface area contributed by atoms with E-state index < -0.39 is 5.91 Å². The van der Waals surface area contributed by atoms with Crippen molar-refractivity contribution in [3.63, 3.8) is 0 Å². The fourth-order valence-corrected chi connectivity index (χ4v) is 2.40. The third kappa shape index (κ3) is 2.21. The Morgan fingerprint density at radius 3 is 2.33 bits per heavy atom. The molecule has 0 aliphatic carbocycles. The molecule has 0 bridgehead atoms. The number of rotatable bonds is 3. The second-order valence-electron chi connectivity index (χ2n) is 4.48. The van der Waals surface area contributed by atoms with Crippen LogP contribution in [0.25, 0.3) is 0 Å². The first kappa shape index (κ1) is 11.6. The Morgan fingerprint density at radius 1 is 1.00 bits per heavy atom. The molecular formula is C14H17NO3. The van der Waals surface area contributed by atoms with Crippen LogP contribution in [0.3, 0.4) is 0 Å². The summed E-state index contributed by atoms with van der Waals surface area (Å²) in [5.74, 6) is -0.689. The van der Waals surface area contributed by atoms with Crippen LogP contribution in [0.2, 0.25) is 0 Å². The zero-order valence-corrected chi connectivity index (χ0v) is 10.2. The van der Waals surface area contributed by atoms with Crippen LogP contribution in [0.4, 0.5) is 0 Å². The minimum atomic E-state index is -0.689. The molecule has 2 aliphatic heterocycles. The molecule has 96 valence electrons. The third-order valence-electron chi connectivity index (χ3n) is 3.32. The molecule has 0 spiro atoms. The van der Waals surface area contributed by atoms with E-state index in [0.717, 1.165) is 26.3 Å². The number of nitrogens with zero attached hydrogens (tertiary/aromatic N) is 1. The Hall–Kier alpha value is -1.52. The minimum absolute atomic E-state index is 0.689. The largest absolute Gasteiger partial charge is 0.444 e. The van der Waals surface area contributed by atoms with E-state index in [1.54, 1.807) is 12.5 Å². The zero-order chi connectivity index (χ0) is 12.3. The Labute approximate surface area is 107 Å². The van der Waals surface area contributed by atoms with Gasteiger partial charge in [0.05, 0.1) is 19.6 Å². The molecule has 0 N–H and O–H groups in total. The van der Waals surface area contributed by atoms with Crippen molar-refractivity contribution >= 4 is 0 Å². The van der Waals surface area contributed by atoms with Crippen molar-refractivity contribution in [3.05, 3.63) is 48.4 Å². The molecule has 1 fully saturated rings. The maximum absolute atomic E-state index is 5.75. The summed E-state index contributed by atoms with van der Waals surface area (Å²) in [7, 11) is 0. The molecular weight excluding hydrogens is 230 g/mol. The lowest BCUT2D eigenvalue weighted by Gasteiger charge is -2.40. The summed E-state index contributed by atoms with van der Waals surface area (Å²) in [6.45, 7) is 3.11. The number of hydrogen-bond acceptors (Lipinski definition) is 4. The SMILES string of the molecule is C1=COC(Cc2ccccc2)(N2CCOCC2)O1. The average molecular weight is 247 g/mol. The van der Waals surface area contributed by atoms with Crippen molar-refractivity contribution in [1.29, 1.82) is 0 Å². The van der Waals surface area contributed by atoms with Crippen molar-refractivity contribution in [2.24, 2.45) is 0 Å². The van der Waals surface area contributed by atoms with Crippen molar-refractivity contribution in [1.82, 2.24) is 4.90 Å². The van der Waals surface area contributed by atoms with Gasteiger partial charge < -0.3 is 14.2 Å². The van der Waals surface area contributed by atoms with Crippen LogP contribution in [-0.4, -0.2) is 37.1 Å². The molecule has 2 heterocycles. The molecule has 4 heteroatoms. The molecule has 1 aromatic rings. The van der Waals surface area contributed by atoms with Crippen LogP contribution < -0.4 is 0 Å². The van der Waals surface area contributed by atoms with E-state index in [-0.39, 0.29) is 0 Å². The van der Waals surface area contributed by atoms with Crippen molar-refractivity contribution < 1.29 is 14.2 Å². The van der Waals surface area contributed by atoms with E-state index in [1.807, 2.05) is 18.2 Å². The molecule has 3 rings (SSSR count). The van der Waals surface area contributed by atoms with Gasteiger partial charge in [-0.1, -0.05) is 30.3 Å². The number of benzene rings is 1. The Balaban J connectivity index is 1.78. The topological polar surface area (TPSA) is 30.9 Å². The highest BCUT2D eigenvalue weighted by molar-refractivity contribution is 5.17. The smallest absolute Gasteiger partial charge is 0.319 e. The molecule has 4 nitrogen and oxygen atoms in total. The summed E-state index contributed by atoms with van der Waals surface area (Å²) in [5.41, 5.74) is 1.20. The number of morpholine rings is 1. The molecule has 0 atom stereocenters. The zero-order valence-electron chi connectivity index (χ0n) is 10.2. The minimum Gasteiger partial charge on any atom is -0.444 e. The van der Waals surface area contributed by atoms with E-state index in [1.165, 1.54) is 5.56 Å². The molecule has 0 unspecified atom stereocenters. The lowest BCUT2D eigenvalue weighted by atomic mass is 10.1. The molecule has 0 radical (unpaired) electrons. The van der Waals surface area contributed by atoms with Gasteiger partial charge in [-0.2, -0.15) is 0 Å². The van der Waals surface area contributed by atoms with Crippen LogP contribution in [0.15, 0.2) is 42.9 Å². The monoisotopic (exact) mass is 247 g/mol. The van der Waals surface area contributed by atoms with Gasteiger partial charge in [0.15, 0.2) is 0 Å². The van der Waals surface area contributed by atoms with E-state index in [9.17, 15) is 0 Å². The first-order valence-electron chi connectivity index (χ1n) is 6.26. The van der Waals surface area contributed by atoms with Gasteiger partial charge >= 0.3 is 5.91 Å². The Bertz CT molecular complexity index is 404. The van der Waals surface area contributed by atoms with Gasteiger partial charge in [0.25, 0.3) is 0 Å². The van der Waals surface area contributed by atoms with Crippen LogP contribution in [0.5, 0.6) is 0 Å². The first-order chi connectivity index (χ1) is 8.89. The van der Waals surface area contributed by atoms with Gasteiger partial charge in [0, 0.05) is 13.1 Å². The summed E-state index contributed by atoms with van der Waals surface area (Å²) >= 11 is 0. The van der Waals surface area contributed by atoms with Crippen molar-refractivity contribution in [2.45, 2.75) is 12.3 Å². The second kappa shape index (κ2) is 5.00. The summed E-state index contributed by atoms with van der Waals surface area (Å²) in [6.07, 6.45) is 3.96. The lowest BCUT2D eigenvalue weighted by molar-refractivity contribution is -0.258. The Kier molecular flexibility index (Phi) is 3.21. The number of hydrogen-bond donors (Lipinski definition) is 0. The predicted octanol–water partition coefficient (Wildman–Crippen LogP) is 1.73. The number of ether oxygens (including phenoxy) is 3. The molecule has 1 aromatic carbocycles. The van der Waals surface area contributed by atoms with Crippen LogP contribution in [0.1, 0.15) is 5.56 Å². The molecule has 0 amide bonds. The van der Waals surface area contributed by atoms with Gasteiger partial charge in [0.1, 0.15) is 12.5 Å². The third-order valence-corrected chi connectivity index (χ3v) is 3.32. The highest BCUT2D eigenvalue weighted by Crippen LogP contribution is 2.29. The maximum atomic E-state index is 5.75. The standard InChI is InChI=1S/C14H17NO3/c1-2-4-13(5-3-1)12-14(17-10-11-18-14)15-6-8-16-9-7-15/h1-5,10-11H,6-9,12H2. The predicted molar refractivity (Wildman–Crippen MR) is 66.6 cm³/mol. The van der Waals surface area contributed by atoms with Gasteiger partial charge in [-0.3, -0.25) is 0 Å². The van der Waals surface area contributed by atoms with Gasteiger partial charge in [-0.25, -0.2) is 4.90 Å². The highest BCUT2D eigenvalue weighted by Gasteiger charge is 2.43. The summed E-state index contributed by atoms with van der Waals surface area (Å²) < 4.78 is 16.9. The maximum Gasteiger partial charge on any atom is 0.319 e. The summed E-state index contributed by atoms with van der Waals surface area (Å²) in [5, 5.41) is 0. The van der Waals surface area contributed by atoms with Gasteiger partial charge in [-0.05, 0) is 5.56 Å². The highest BCUT2D eigenvalue weighted by atomic mass is 16.7. The molecule has 18 heavy (non-hydrogen) atoms. The average Bonchev–Trinajstić information content (AvgIpc) is 2.91. The van der Waals surface area contributed by atoms with E-state index in [4.69, 9.17) is 14.2 Å². The van der Waals surface area contributed by atoms with Gasteiger partial charge in [-0.15, -0.1) is 0 Å². The van der Waals surface area contributed by atoms with Gasteiger partial charge in [0.2, 0.25) is 0 Å².